The van der Waals surface area contributed by atoms with E-state index in [4.69, 9.17) is 0 Å². The van der Waals surface area contributed by atoms with Gasteiger partial charge in [-0.2, -0.15) is 0 Å². The average molecular weight is 321 g/mol. The minimum absolute atomic E-state index is 0.213. The Morgan fingerprint density at radius 2 is 2.09 bits per heavy atom. The van der Waals surface area contributed by atoms with Crippen molar-refractivity contribution in [3.8, 4) is 0 Å². The summed E-state index contributed by atoms with van der Waals surface area (Å²) in [5.41, 5.74) is -0.725. The third kappa shape index (κ3) is 3.85. The fraction of sp³-hybridized carbons (Fsp3) is 0.438. The summed E-state index contributed by atoms with van der Waals surface area (Å²) in [4.78, 5) is 37.3. The van der Waals surface area contributed by atoms with Crippen LogP contribution >= 0.6 is 0 Å². The predicted octanol–water partition coefficient (Wildman–Crippen LogP) is 2.12. The normalized spacial score (nSPS) is 20.8. The molecule has 0 saturated carbocycles. The first-order valence-electron chi connectivity index (χ1n) is 7.41. The Labute approximate surface area is 134 Å². The standard InChI is InChI=1S/C16H20FN3O3/c1-10(2)8-16(3)14(22)20(15(23)19-16)9-13(21)18-12-6-4-5-11(17)7-12/h4-7,10H,8-9H2,1-3H3,(H,18,21)(H,19,23). The molecule has 1 heterocycles. The monoisotopic (exact) mass is 321 g/mol. The van der Waals surface area contributed by atoms with Gasteiger partial charge in [-0.15, -0.1) is 0 Å². The van der Waals surface area contributed by atoms with E-state index < -0.39 is 35.7 Å². The molecule has 1 aromatic carbocycles. The van der Waals surface area contributed by atoms with Crippen molar-refractivity contribution in [3.05, 3.63) is 30.1 Å². The topological polar surface area (TPSA) is 78.5 Å². The molecule has 0 radical (unpaired) electrons. The van der Waals surface area contributed by atoms with Crippen LogP contribution in [0.25, 0.3) is 0 Å². The lowest BCUT2D eigenvalue weighted by Gasteiger charge is -2.23. The number of hydrogen-bond donors (Lipinski definition) is 2. The van der Waals surface area contributed by atoms with Crippen LogP contribution in [0, 0.1) is 11.7 Å². The van der Waals surface area contributed by atoms with Gasteiger partial charge in [0.2, 0.25) is 5.91 Å². The van der Waals surface area contributed by atoms with E-state index >= 15 is 0 Å². The van der Waals surface area contributed by atoms with Crippen molar-refractivity contribution in [2.75, 3.05) is 11.9 Å². The Kier molecular flexibility index (Phi) is 4.68. The molecule has 1 saturated heterocycles. The van der Waals surface area contributed by atoms with Crippen LogP contribution in [0.4, 0.5) is 14.9 Å². The van der Waals surface area contributed by atoms with Crippen LogP contribution in [-0.4, -0.2) is 34.8 Å². The number of benzene rings is 1. The summed E-state index contributed by atoms with van der Waals surface area (Å²) in [6.45, 7) is 5.14. The summed E-state index contributed by atoms with van der Waals surface area (Å²) in [6, 6.07) is 4.80. The van der Waals surface area contributed by atoms with Gasteiger partial charge in [-0.25, -0.2) is 9.18 Å². The Bertz CT molecular complexity index is 647. The lowest BCUT2D eigenvalue weighted by molar-refractivity contribution is -0.133. The fourth-order valence-corrected chi connectivity index (χ4v) is 2.76. The van der Waals surface area contributed by atoms with Gasteiger partial charge in [0.1, 0.15) is 17.9 Å². The molecule has 0 spiro atoms. The summed E-state index contributed by atoms with van der Waals surface area (Å²) >= 11 is 0. The van der Waals surface area contributed by atoms with Crippen LogP contribution in [0.5, 0.6) is 0 Å². The zero-order chi connectivity index (χ0) is 17.2. The molecule has 0 aromatic heterocycles. The van der Waals surface area contributed by atoms with Gasteiger partial charge < -0.3 is 10.6 Å². The molecule has 1 atom stereocenters. The summed E-state index contributed by atoms with van der Waals surface area (Å²) in [7, 11) is 0. The van der Waals surface area contributed by atoms with Crippen molar-refractivity contribution >= 4 is 23.5 Å². The first-order chi connectivity index (χ1) is 10.7. The van der Waals surface area contributed by atoms with E-state index in [0.717, 1.165) is 11.0 Å². The van der Waals surface area contributed by atoms with Crippen LogP contribution in [0.2, 0.25) is 0 Å². The Hall–Kier alpha value is -2.44. The molecule has 1 fully saturated rings. The minimum Gasteiger partial charge on any atom is -0.324 e. The van der Waals surface area contributed by atoms with E-state index in [1.165, 1.54) is 18.2 Å². The second kappa shape index (κ2) is 6.36. The van der Waals surface area contributed by atoms with E-state index in [9.17, 15) is 18.8 Å². The van der Waals surface area contributed by atoms with Gasteiger partial charge in [-0.05, 0) is 37.5 Å². The van der Waals surface area contributed by atoms with Crippen molar-refractivity contribution < 1.29 is 18.8 Å². The quantitative estimate of drug-likeness (QED) is 0.815. The zero-order valence-corrected chi connectivity index (χ0v) is 13.4. The van der Waals surface area contributed by atoms with Crippen LogP contribution in [0.3, 0.4) is 0 Å². The molecular weight excluding hydrogens is 301 g/mol. The highest BCUT2D eigenvalue weighted by Crippen LogP contribution is 2.24. The van der Waals surface area contributed by atoms with Gasteiger partial charge in [0, 0.05) is 5.69 Å². The van der Waals surface area contributed by atoms with E-state index in [2.05, 4.69) is 10.6 Å². The number of nitrogens with one attached hydrogen (secondary N) is 2. The maximum absolute atomic E-state index is 13.1. The SMILES string of the molecule is CC(C)CC1(C)NC(=O)N(CC(=O)Nc2cccc(F)c2)C1=O. The molecule has 1 aromatic rings. The van der Waals surface area contributed by atoms with Gasteiger partial charge in [0.15, 0.2) is 0 Å². The number of amides is 4. The maximum Gasteiger partial charge on any atom is 0.325 e. The first kappa shape index (κ1) is 16.9. The Morgan fingerprint density at radius 1 is 1.39 bits per heavy atom. The highest BCUT2D eigenvalue weighted by Gasteiger charge is 2.48. The molecule has 1 aliphatic rings. The molecular formula is C16H20FN3O3. The third-order valence-electron chi connectivity index (χ3n) is 3.57. The molecule has 2 N–H and O–H groups in total. The molecule has 23 heavy (non-hydrogen) atoms. The number of urea groups is 1. The molecule has 0 bridgehead atoms. The van der Waals surface area contributed by atoms with Gasteiger partial charge in [0.25, 0.3) is 5.91 Å². The van der Waals surface area contributed by atoms with Crippen LogP contribution < -0.4 is 10.6 Å². The second-order valence-electron chi connectivity index (χ2n) is 6.31. The minimum atomic E-state index is -0.996. The van der Waals surface area contributed by atoms with Crippen molar-refractivity contribution in [3.63, 3.8) is 0 Å². The van der Waals surface area contributed by atoms with Crippen molar-refractivity contribution in [2.45, 2.75) is 32.7 Å². The Balaban J connectivity index is 2.03. The first-order valence-corrected chi connectivity index (χ1v) is 7.41. The number of halogens is 1. The number of carbonyl (C=O) groups is 3. The van der Waals surface area contributed by atoms with Crippen LogP contribution in [0.1, 0.15) is 27.2 Å². The number of hydrogen-bond acceptors (Lipinski definition) is 3. The predicted molar refractivity (Wildman–Crippen MR) is 83.1 cm³/mol. The summed E-state index contributed by atoms with van der Waals surface area (Å²) < 4.78 is 13.1. The van der Waals surface area contributed by atoms with E-state index in [1.54, 1.807) is 6.92 Å². The zero-order valence-electron chi connectivity index (χ0n) is 13.4. The highest BCUT2D eigenvalue weighted by atomic mass is 19.1. The largest absolute Gasteiger partial charge is 0.325 e. The van der Waals surface area contributed by atoms with Crippen molar-refractivity contribution in [2.24, 2.45) is 5.92 Å². The molecule has 124 valence electrons. The van der Waals surface area contributed by atoms with Gasteiger partial charge >= 0.3 is 6.03 Å². The van der Waals surface area contributed by atoms with Crippen molar-refractivity contribution in [1.29, 1.82) is 0 Å². The highest BCUT2D eigenvalue weighted by molar-refractivity contribution is 6.09. The van der Waals surface area contributed by atoms with Crippen LogP contribution in [0.15, 0.2) is 24.3 Å². The van der Waals surface area contributed by atoms with E-state index in [-0.39, 0.29) is 11.6 Å². The summed E-state index contributed by atoms with van der Waals surface area (Å²) in [5, 5.41) is 5.10. The average Bonchev–Trinajstić information content (AvgIpc) is 2.61. The molecule has 1 aliphatic heterocycles. The molecule has 0 aliphatic carbocycles. The van der Waals surface area contributed by atoms with Crippen molar-refractivity contribution in [1.82, 2.24) is 10.2 Å². The fourth-order valence-electron chi connectivity index (χ4n) is 2.76. The molecule has 4 amide bonds. The number of rotatable bonds is 5. The number of carbonyl (C=O) groups excluding carboxylic acids is 3. The molecule has 6 nitrogen and oxygen atoms in total. The summed E-state index contributed by atoms with van der Waals surface area (Å²) in [5.74, 6) is -1.26. The van der Waals surface area contributed by atoms with Gasteiger partial charge in [0.05, 0.1) is 0 Å². The maximum atomic E-state index is 13.1. The summed E-state index contributed by atoms with van der Waals surface area (Å²) in [6.07, 6.45) is 0.486. The van der Waals surface area contributed by atoms with Gasteiger partial charge in [-0.1, -0.05) is 19.9 Å². The molecule has 2 rings (SSSR count). The smallest absolute Gasteiger partial charge is 0.324 e. The number of imide groups is 1. The van der Waals surface area contributed by atoms with E-state index in [1.807, 2.05) is 13.8 Å². The number of anilines is 1. The second-order valence-corrected chi connectivity index (χ2v) is 6.31. The molecule has 7 heteroatoms. The van der Waals surface area contributed by atoms with E-state index in [0.29, 0.717) is 6.42 Å². The lowest BCUT2D eigenvalue weighted by Crippen LogP contribution is -2.45. The third-order valence-corrected chi connectivity index (χ3v) is 3.57. The molecule has 1 unspecified atom stereocenters. The Morgan fingerprint density at radius 3 is 2.70 bits per heavy atom. The lowest BCUT2D eigenvalue weighted by atomic mass is 9.91. The van der Waals surface area contributed by atoms with Crippen LogP contribution in [-0.2, 0) is 9.59 Å². The number of nitrogens with zero attached hydrogens (tertiary/aromatic N) is 1. The van der Waals surface area contributed by atoms with Gasteiger partial charge in [-0.3, -0.25) is 14.5 Å².